The zero-order valence-electron chi connectivity index (χ0n) is 18.2. The fourth-order valence-corrected chi connectivity index (χ4v) is 5.74. The molecule has 0 aliphatic carbocycles. The molecule has 2 aliphatic heterocycles. The predicted octanol–water partition coefficient (Wildman–Crippen LogP) is 2.04. The van der Waals surface area contributed by atoms with E-state index in [1.807, 2.05) is 24.3 Å². The summed E-state index contributed by atoms with van der Waals surface area (Å²) in [6.07, 6.45) is 0.624. The van der Waals surface area contributed by atoms with Crippen molar-refractivity contribution >= 4 is 21.6 Å². The lowest BCUT2D eigenvalue weighted by molar-refractivity contribution is 0.0162. The monoisotopic (exact) mass is 459 g/mol. The molecule has 0 bridgehead atoms. The normalized spacial score (nSPS) is 19.5. The van der Waals surface area contributed by atoms with E-state index in [9.17, 15) is 13.2 Å². The molecule has 2 heterocycles. The molecule has 0 saturated carbocycles. The zero-order chi connectivity index (χ0) is 22.6. The fourth-order valence-electron chi connectivity index (χ4n) is 4.17. The molecular formula is C23H29N3O5S. The third-order valence-corrected chi connectivity index (χ3v) is 7.83. The van der Waals surface area contributed by atoms with Gasteiger partial charge in [-0.1, -0.05) is 12.1 Å². The Hall–Kier alpha value is -2.62. The molecule has 1 N–H and O–H groups in total. The molecule has 1 amide bonds. The van der Waals surface area contributed by atoms with E-state index in [4.69, 9.17) is 9.47 Å². The van der Waals surface area contributed by atoms with E-state index in [0.717, 1.165) is 24.4 Å². The number of hydrogen-bond acceptors (Lipinski definition) is 6. The van der Waals surface area contributed by atoms with Crippen LogP contribution in [-0.4, -0.2) is 71.5 Å². The number of morpholine rings is 1. The third kappa shape index (κ3) is 5.06. The number of amides is 1. The first-order chi connectivity index (χ1) is 15.5. The van der Waals surface area contributed by atoms with E-state index < -0.39 is 10.0 Å². The van der Waals surface area contributed by atoms with Crippen molar-refractivity contribution in [1.29, 1.82) is 0 Å². The first kappa shape index (κ1) is 22.6. The Morgan fingerprint density at radius 3 is 2.34 bits per heavy atom. The highest BCUT2D eigenvalue weighted by Gasteiger charge is 2.28. The van der Waals surface area contributed by atoms with E-state index in [1.165, 1.54) is 4.31 Å². The SMILES string of the molecule is COc1ccc([C@@H](CNC(=O)c2ccc(N3CCCS3(=O)=O)cc2)N2CCOCC2)cc1. The number of nitrogens with zero attached hydrogens (tertiary/aromatic N) is 2. The Labute approximate surface area is 189 Å². The summed E-state index contributed by atoms with van der Waals surface area (Å²) < 4.78 is 36.4. The second kappa shape index (κ2) is 9.89. The van der Waals surface area contributed by atoms with Gasteiger partial charge in [-0.15, -0.1) is 0 Å². The van der Waals surface area contributed by atoms with E-state index in [1.54, 1.807) is 31.4 Å². The van der Waals surface area contributed by atoms with Crippen LogP contribution in [-0.2, 0) is 14.8 Å². The van der Waals surface area contributed by atoms with Gasteiger partial charge in [0, 0.05) is 31.7 Å². The van der Waals surface area contributed by atoms with E-state index >= 15 is 0 Å². The number of benzene rings is 2. The molecule has 2 saturated heterocycles. The highest BCUT2D eigenvalue weighted by molar-refractivity contribution is 7.93. The molecule has 32 heavy (non-hydrogen) atoms. The Morgan fingerprint density at radius 1 is 1.06 bits per heavy atom. The molecule has 2 aliphatic rings. The minimum atomic E-state index is -3.23. The van der Waals surface area contributed by atoms with Crippen molar-refractivity contribution in [1.82, 2.24) is 10.2 Å². The van der Waals surface area contributed by atoms with Crippen molar-refractivity contribution < 1.29 is 22.7 Å². The van der Waals surface area contributed by atoms with Crippen molar-refractivity contribution in [3.63, 3.8) is 0 Å². The van der Waals surface area contributed by atoms with Crippen molar-refractivity contribution in [2.45, 2.75) is 12.5 Å². The Kier molecular flexibility index (Phi) is 6.98. The van der Waals surface area contributed by atoms with Crippen molar-refractivity contribution in [3.8, 4) is 5.75 Å². The number of carbonyl (C=O) groups is 1. The van der Waals surface area contributed by atoms with Gasteiger partial charge in [-0.2, -0.15) is 0 Å². The molecule has 8 nitrogen and oxygen atoms in total. The van der Waals surface area contributed by atoms with Crippen LogP contribution in [0.1, 0.15) is 28.4 Å². The highest BCUT2D eigenvalue weighted by Crippen LogP contribution is 2.25. The number of nitrogens with one attached hydrogen (secondary N) is 1. The minimum absolute atomic E-state index is 0.0165. The fraction of sp³-hybridized carbons (Fsp3) is 0.435. The number of rotatable bonds is 7. The molecule has 0 radical (unpaired) electrons. The van der Waals surface area contributed by atoms with Gasteiger partial charge in [0.25, 0.3) is 5.91 Å². The van der Waals surface area contributed by atoms with Crippen LogP contribution in [0.5, 0.6) is 5.75 Å². The van der Waals surface area contributed by atoms with Gasteiger partial charge >= 0.3 is 0 Å². The molecule has 2 fully saturated rings. The molecule has 9 heteroatoms. The van der Waals surface area contributed by atoms with Crippen LogP contribution in [0.4, 0.5) is 5.69 Å². The second-order valence-electron chi connectivity index (χ2n) is 7.94. The summed E-state index contributed by atoms with van der Waals surface area (Å²) >= 11 is 0. The van der Waals surface area contributed by atoms with Gasteiger partial charge < -0.3 is 14.8 Å². The first-order valence-corrected chi connectivity index (χ1v) is 12.4. The predicted molar refractivity (Wildman–Crippen MR) is 123 cm³/mol. The number of sulfonamides is 1. The molecule has 0 aromatic heterocycles. The van der Waals surface area contributed by atoms with Crippen molar-refractivity contribution in [2.75, 3.05) is 56.6 Å². The molecule has 0 unspecified atom stereocenters. The number of hydrogen-bond donors (Lipinski definition) is 1. The standard InChI is InChI=1S/C23H29N3O5S/c1-30-21-9-5-18(6-10-21)22(25-12-14-31-15-13-25)17-24-23(27)19-3-7-20(8-4-19)26-11-2-16-32(26,28)29/h3-10,22H,2,11-17H2,1H3,(H,24,27)/t22-/m1/s1. The minimum Gasteiger partial charge on any atom is -0.497 e. The van der Waals surface area contributed by atoms with Crippen LogP contribution in [0.2, 0.25) is 0 Å². The highest BCUT2D eigenvalue weighted by atomic mass is 32.2. The summed E-state index contributed by atoms with van der Waals surface area (Å²) in [5, 5.41) is 3.04. The van der Waals surface area contributed by atoms with Crippen LogP contribution in [0.3, 0.4) is 0 Å². The average molecular weight is 460 g/mol. The van der Waals surface area contributed by atoms with E-state index in [0.29, 0.717) is 44.0 Å². The number of anilines is 1. The Bertz CT molecular complexity index is 1020. The summed E-state index contributed by atoms with van der Waals surface area (Å²) in [4.78, 5) is 15.1. The van der Waals surface area contributed by atoms with Gasteiger partial charge in [0.2, 0.25) is 10.0 Å². The van der Waals surface area contributed by atoms with Crippen LogP contribution in [0.25, 0.3) is 0 Å². The topological polar surface area (TPSA) is 88.2 Å². The van der Waals surface area contributed by atoms with Gasteiger partial charge in [0.05, 0.1) is 37.8 Å². The summed E-state index contributed by atoms with van der Waals surface area (Å²) in [7, 11) is -1.60. The smallest absolute Gasteiger partial charge is 0.251 e. The largest absolute Gasteiger partial charge is 0.497 e. The van der Waals surface area contributed by atoms with E-state index in [2.05, 4.69) is 10.2 Å². The van der Waals surface area contributed by atoms with Gasteiger partial charge in [-0.05, 0) is 48.4 Å². The molecule has 172 valence electrons. The Morgan fingerprint density at radius 2 is 1.75 bits per heavy atom. The molecule has 4 rings (SSSR count). The maximum Gasteiger partial charge on any atom is 0.251 e. The summed E-state index contributed by atoms with van der Waals surface area (Å²) in [6, 6.07) is 14.7. The lowest BCUT2D eigenvalue weighted by Gasteiger charge is -2.35. The van der Waals surface area contributed by atoms with Crippen LogP contribution < -0.4 is 14.4 Å². The molecule has 0 spiro atoms. The van der Waals surface area contributed by atoms with Gasteiger partial charge in [0.15, 0.2) is 0 Å². The first-order valence-electron chi connectivity index (χ1n) is 10.8. The number of methoxy groups -OCH3 is 1. The lowest BCUT2D eigenvalue weighted by Crippen LogP contribution is -2.43. The van der Waals surface area contributed by atoms with Gasteiger partial charge in [-0.3, -0.25) is 14.0 Å². The maximum atomic E-state index is 12.8. The quantitative estimate of drug-likeness (QED) is 0.682. The van der Waals surface area contributed by atoms with Crippen LogP contribution in [0.15, 0.2) is 48.5 Å². The third-order valence-electron chi connectivity index (χ3n) is 5.96. The molecule has 1 atom stereocenters. The van der Waals surface area contributed by atoms with E-state index in [-0.39, 0.29) is 17.7 Å². The zero-order valence-corrected chi connectivity index (χ0v) is 19.0. The molecule has 2 aromatic rings. The summed E-state index contributed by atoms with van der Waals surface area (Å²) in [5.41, 5.74) is 2.20. The lowest BCUT2D eigenvalue weighted by atomic mass is 10.0. The Balaban J connectivity index is 1.44. The molecular weight excluding hydrogens is 430 g/mol. The second-order valence-corrected chi connectivity index (χ2v) is 9.95. The average Bonchev–Trinajstić information content (AvgIpc) is 3.19. The van der Waals surface area contributed by atoms with Crippen LogP contribution in [0, 0.1) is 0 Å². The summed E-state index contributed by atoms with van der Waals surface area (Å²) in [5.74, 6) is 0.773. The van der Waals surface area contributed by atoms with Gasteiger partial charge in [0.1, 0.15) is 5.75 Å². The van der Waals surface area contributed by atoms with Crippen molar-refractivity contribution in [2.24, 2.45) is 0 Å². The van der Waals surface area contributed by atoms with Crippen LogP contribution >= 0.6 is 0 Å². The summed E-state index contributed by atoms with van der Waals surface area (Å²) in [6.45, 7) is 3.87. The van der Waals surface area contributed by atoms with Crippen molar-refractivity contribution in [3.05, 3.63) is 59.7 Å². The maximum absolute atomic E-state index is 12.8. The molecule has 2 aromatic carbocycles. The number of ether oxygens (including phenoxy) is 2. The van der Waals surface area contributed by atoms with Gasteiger partial charge in [-0.25, -0.2) is 8.42 Å². The number of carbonyl (C=O) groups excluding carboxylic acids is 1.